The fourth-order valence-corrected chi connectivity index (χ4v) is 3.32. The van der Waals surface area contributed by atoms with Crippen molar-refractivity contribution in [3.05, 3.63) is 70.3 Å². The van der Waals surface area contributed by atoms with E-state index in [2.05, 4.69) is 56.3 Å². The summed E-state index contributed by atoms with van der Waals surface area (Å²) in [5.41, 5.74) is 6.88. The molecule has 0 radical (unpaired) electrons. The van der Waals surface area contributed by atoms with Crippen molar-refractivity contribution in [2.75, 3.05) is 0 Å². The second-order valence-corrected chi connectivity index (χ2v) is 6.15. The van der Waals surface area contributed by atoms with Gasteiger partial charge in [0.15, 0.2) is 0 Å². The van der Waals surface area contributed by atoms with Gasteiger partial charge in [0.1, 0.15) is 0 Å². The fourth-order valence-electron chi connectivity index (χ4n) is 3.01. The van der Waals surface area contributed by atoms with Gasteiger partial charge in [-0.2, -0.15) is 0 Å². The average molecular weight is 271 g/mol. The Morgan fingerprint density at radius 2 is 1.58 bits per heavy atom. The van der Waals surface area contributed by atoms with Crippen LogP contribution in [-0.4, -0.2) is 0 Å². The molecular formula is C18H19Cl. The van der Waals surface area contributed by atoms with Crippen LogP contribution in [0.1, 0.15) is 33.2 Å². The second-order valence-electron chi connectivity index (χ2n) is 5.68. The van der Waals surface area contributed by atoms with Crippen molar-refractivity contribution in [1.82, 2.24) is 0 Å². The molecule has 19 heavy (non-hydrogen) atoms. The van der Waals surface area contributed by atoms with E-state index in [4.69, 9.17) is 11.6 Å². The Morgan fingerprint density at radius 1 is 0.947 bits per heavy atom. The molecule has 1 unspecified atom stereocenters. The van der Waals surface area contributed by atoms with E-state index in [1.807, 2.05) is 0 Å². The van der Waals surface area contributed by atoms with Gasteiger partial charge in [-0.25, -0.2) is 0 Å². The third-order valence-corrected chi connectivity index (χ3v) is 4.95. The molecule has 0 bridgehead atoms. The smallest absolute Gasteiger partial charge is 0.0619 e. The number of benzene rings is 2. The van der Waals surface area contributed by atoms with Gasteiger partial charge in [0, 0.05) is 0 Å². The van der Waals surface area contributed by atoms with Gasteiger partial charge in [-0.1, -0.05) is 42.5 Å². The topological polar surface area (TPSA) is 0 Å². The number of hydrogen-bond acceptors (Lipinski definition) is 0. The van der Waals surface area contributed by atoms with Crippen LogP contribution in [0.15, 0.2) is 42.5 Å². The lowest BCUT2D eigenvalue weighted by Crippen LogP contribution is -2.08. The van der Waals surface area contributed by atoms with Crippen LogP contribution in [0.3, 0.4) is 0 Å². The molecule has 0 N–H and O–H groups in total. The van der Waals surface area contributed by atoms with Crippen LogP contribution in [0.2, 0.25) is 0 Å². The molecule has 1 atom stereocenters. The van der Waals surface area contributed by atoms with E-state index in [1.54, 1.807) is 0 Å². The molecule has 3 rings (SSSR count). The number of aryl methyl sites for hydroxylation is 2. The normalized spacial score (nSPS) is 16.4. The van der Waals surface area contributed by atoms with Gasteiger partial charge in [0.05, 0.1) is 5.38 Å². The van der Waals surface area contributed by atoms with Gasteiger partial charge in [0.2, 0.25) is 0 Å². The highest BCUT2D eigenvalue weighted by Crippen LogP contribution is 2.39. The van der Waals surface area contributed by atoms with E-state index in [0.29, 0.717) is 5.92 Å². The van der Waals surface area contributed by atoms with Crippen LogP contribution in [0, 0.1) is 19.8 Å². The number of rotatable bonds is 2. The molecule has 0 amide bonds. The zero-order valence-electron chi connectivity index (χ0n) is 11.5. The molecule has 2 aromatic carbocycles. The van der Waals surface area contributed by atoms with Gasteiger partial charge in [-0.3, -0.25) is 0 Å². The lowest BCUT2D eigenvalue weighted by Gasteiger charge is -2.18. The molecule has 0 saturated carbocycles. The summed E-state index contributed by atoms with van der Waals surface area (Å²) in [4.78, 5) is 0. The first-order chi connectivity index (χ1) is 9.15. The number of fused-ring (bicyclic) bond motifs is 1. The molecule has 0 nitrogen and oxygen atoms in total. The Kier molecular flexibility index (Phi) is 3.36. The van der Waals surface area contributed by atoms with Crippen molar-refractivity contribution in [3.8, 4) is 0 Å². The van der Waals surface area contributed by atoms with Crippen molar-refractivity contribution in [1.29, 1.82) is 0 Å². The van der Waals surface area contributed by atoms with Crippen LogP contribution in [0.25, 0.3) is 0 Å². The van der Waals surface area contributed by atoms with E-state index in [-0.39, 0.29) is 5.38 Å². The SMILES string of the molecule is Cc1ccc(C(Cl)C2Cc3ccccc3C2)cc1C. The quantitative estimate of drug-likeness (QED) is 0.674. The molecule has 1 aliphatic rings. The van der Waals surface area contributed by atoms with Crippen LogP contribution in [-0.2, 0) is 12.8 Å². The van der Waals surface area contributed by atoms with Crippen molar-refractivity contribution < 1.29 is 0 Å². The Morgan fingerprint density at radius 3 is 2.16 bits per heavy atom. The monoisotopic (exact) mass is 270 g/mol. The molecule has 0 fully saturated rings. The summed E-state index contributed by atoms with van der Waals surface area (Å²) in [6.07, 6.45) is 2.22. The van der Waals surface area contributed by atoms with E-state index < -0.39 is 0 Å². The van der Waals surface area contributed by atoms with Crippen molar-refractivity contribution in [2.24, 2.45) is 5.92 Å². The van der Waals surface area contributed by atoms with Crippen LogP contribution >= 0.6 is 11.6 Å². The highest BCUT2D eigenvalue weighted by atomic mass is 35.5. The minimum atomic E-state index is 0.117. The largest absolute Gasteiger partial charge is 0.117 e. The maximum absolute atomic E-state index is 6.73. The first kappa shape index (κ1) is 12.7. The standard InChI is InChI=1S/C18H19Cl/c1-12-7-8-16(9-13(12)2)18(19)17-10-14-5-3-4-6-15(14)11-17/h3-9,17-18H,10-11H2,1-2H3. The minimum Gasteiger partial charge on any atom is -0.117 e. The molecule has 2 aromatic rings. The lowest BCUT2D eigenvalue weighted by atomic mass is 9.94. The third-order valence-electron chi connectivity index (χ3n) is 4.35. The predicted octanol–water partition coefficient (Wildman–Crippen LogP) is 5.00. The molecule has 0 aromatic heterocycles. The number of halogens is 1. The maximum Gasteiger partial charge on any atom is 0.0619 e. The van der Waals surface area contributed by atoms with Crippen molar-refractivity contribution in [2.45, 2.75) is 32.1 Å². The summed E-state index contributed by atoms with van der Waals surface area (Å²) in [5, 5.41) is 0.117. The van der Waals surface area contributed by atoms with Crippen LogP contribution in [0.4, 0.5) is 0 Å². The van der Waals surface area contributed by atoms with Gasteiger partial charge < -0.3 is 0 Å². The summed E-state index contributed by atoms with van der Waals surface area (Å²) in [6, 6.07) is 15.3. The molecule has 0 saturated heterocycles. The Labute approximate surface area is 120 Å². The van der Waals surface area contributed by atoms with Crippen molar-refractivity contribution in [3.63, 3.8) is 0 Å². The van der Waals surface area contributed by atoms with E-state index in [9.17, 15) is 0 Å². The van der Waals surface area contributed by atoms with Crippen molar-refractivity contribution >= 4 is 11.6 Å². The summed E-state index contributed by atoms with van der Waals surface area (Å²) < 4.78 is 0. The van der Waals surface area contributed by atoms with E-state index >= 15 is 0 Å². The summed E-state index contributed by atoms with van der Waals surface area (Å²) in [5.74, 6) is 0.529. The predicted molar refractivity (Wildman–Crippen MR) is 81.9 cm³/mol. The summed E-state index contributed by atoms with van der Waals surface area (Å²) in [7, 11) is 0. The van der Waals surface area contributed by atoms with E-state index in [0.717, 1.165) is 12.8 Å². The van der Waals surface area contributed by atoms with Gasteiger partial charge in [0.25, 0.3) is 0 Å². The molecule has 0 spiro atoms. The zero-order valence-corrected chi connectivity index (χ0v) is 12.2. The molecule has 0 aliphatic heterocycles. The van der Waals surface area contributed by atoms with Crippen LogP contribution in [0.5, 0.6) is 0 Å². The first-order valence-electron chi connectivity index (χ1n) is 6.93. The fraction of sp³-hybridized carbons (Fsp3) is 0.333. The lowest BCUT2D eigenvalue weighted by molar-refractivity contribution is 0.541. The highest BCUT2D eigenvalue weighted by molar-refractivity contribution is 6.21. The van der Waals surface area contributed by atoms with Crippen LogP contribution < -0.4 is 0 Å². The Bertz CT molecular complexity index is 575. The van der Waals surface area contributed by atoms with Gasteiger partial charge in [-0.15, -0.1) is 11.6 Å². The van der Waals surface area contributed by atoms with Gasteiger partial charge in [-0.05, 0) is 60.4 Å². The number of alkyl halides is 1. The second kappa shape index (κ2) is 5.02. The maximum atomic E-state index is 6.73. The average Bonchev–Trinajstić information content (AvgIpc) is 2.85. The Balaban J connectivity index is 1.82. The third kappa shape index (κ3) is 2.42. The number of hydrogen-bond donors (Lipinski definition) is 0. The molecule has 0 heterocycles. The van der Waals surface area contributed by atoms with E-state index in [1.165, 1.54) is 27.8 Å². The van der Waals surface area contributed by atoms with Gasteiger partial charge >= 0.3 is 0 Å². The highest BCUT2D eigenvalue weighted by Gasteiger charge is 2.28. The summed E-state index contributed by atoms with van der Waals surface area (Å²) in [6.45, 7) is 4.31. The molecular weight excluding hydrogens is 252 g/mol. The Hall–Kier alpha value is -1.27. The zero-order chi connectivity index (χ0) is 13.4. The summed E-state index contributed by atoms with van der Waals surface area (Å²) >= 11 is 6.73. The molecule has 98 valence electrons. The molecule has 1 aliphatic carbocycles. The minimum absolute atomic E-state index is 0.117. The molecule has 1 heteroatoms. The first-order valence-corrected chi connectivity index (χ1v) is 7.37.